The largest absolute Gasteiger partial charge is 0.465 e. The molecule has 1 aromatic rings. The summed E-state index contributed by atoms with van der Waals surface area (Å²) in [4.78, 5) is 29.3. The van der Waals surface area contributed by atoms with Gasteiger partial charge in [-0.3, -0.25) is 9.59 Å². The van der Waals surface area contributed by atoms with Crippen LogP contribution in [0.4, 0.5) is 0 Å². The summed E-state index contributed by atoms with van der Waals surface area (Å²) in [5.74, 6) is -0.116. The summed E-state index contributed by atoms with van der Waals surface area (Å²) in [6.45, 7) is 7.75. The fraction of sp³-hybridized carbons (Fsp3) is 0.615. The molecule has 0 atom stereocenters. The number of carbonyl (C=O) groups is 2. The number of esters is 1. The minimum absolute atomic E-state index is 0.0697. The summed E-state index contributed by atoms with van der Waals surface area (Å²) in [6, 6.07) is 0. The van der Waals surface area contributed by atoms with Gasteiger partial charge in [-0.2, -0.15) is 0 Å². The predicted octanol–water partition coefficient (Wildman–Crippen LogP) is 1.71. The van der Waals surface area contributed by atoms with Gasteiger partial charge in [0.2, 0.25) is 5.76 Å². The molecule has 19 heavy (non-hydrogen) atoms. The van der Waals surface area contributed by atoms with Crippen LogP contribution in [0.2, 0.25) is 0 Å². The van der Waals surface area contributed by atoms with Crippen molar-refractivity contribution in [1.29, 1.82) is 0 Å². The van der Waals surface area contributed by atoms with E-state index in [1.807, 2.05) is 6.92 Å². The fourth-order valence-electron chi connectivity index (χ4n) is 1.76. The van der Waals surface area contributed by atoms with E-state index in [9.17, 15) is 9.59 Å². The van der Waals surface area contributed by atoms with Crippen molar-refractivity contribution in [3.8, 4) is 0 Å². The highest BCUT2D eigenvalue weighted by molar-refractivity contribution is 5.94. The number of rotatable bonds is 6. The van der Waals surface area contributed by atoms with E-state index >= 15 is 0 Å². The number of oxazole rings is 1. The van der Waals surface area contributed by atoms with Crippen LogP contribution >= 0.6 is 0 Å². The molecule has 1 heterocycles. The van der Waals surface area contributed by atoms with Gasteiger partial charge in [0.15, 0.2) is 5.89 Å². The molecule has 0 bridgehead atoms. The van der Waals surface area contributed by atoms with Crippen LogP contribution in [0.3, 0.4) is 0 Å². The lowest BCUT2D eigenvalue weighted by molar-refractivity contribution is -0.143. The van der Waals surface area contributed by atoms with Crippen LogP contribution in [0.5, 0.6) is 0 Å². The monoisotopic (exact) mass is 268 g/mol. The van der Waals surface area contributed by atoms with E-state index in [2.05, 4.69) is 4.98 Å². The number of aromatic nitrogens is 1. The van der Waals surface area contributed by atoms with Gasteiger partial charge >= 0.3 is 5.97 Å². The van der Waals surface area contributed by atoms with Crippen molar-refractivity contribution in [1.82, 2.24) is 9.88 Å². The smallest absolute Gasteiger partial charge is 0.325 e. The second-order valence-electron chi connectivity index (χ2n) is 4.18. The fourth-order valence-corrected chi connectivity index (χ4v) is 1.76. The molecule has 0 aliphatic heterocycles. The van der Waals surface area contributed by atoms with Crippen LogP contribution in [0.25, 0.3) is 0 Å². The molecule has 0 saturated heterocycles. The van der Waals surface area contributed by atoms with Crippen molar-refractivity contribution in [2.45, 2.75) is 34.1 Å². The van der Waals surface area contributed by atoms with Crippen LogP contribution in [-0.2, 0) is 9.53 Å². The van der Waals surface area contributed by atoms with Gasteiger partial charge in [-0.25, -0.2) is 4.98 Å². The molecule has 1 rings (SSSR count). The van der Waals surface area contributed by atoms with Crippen LogP contribution < -0.4 is 0 Å². The summed E-state index contributed by atoms with van der Waals surface area (Å²) in [6.07, 6.45) is 0.747. The Morgan fingerprint density at radius 2 is 2.00 bits per heavy atom. The van der Waals surface area contributed by atoms with Gasteiger partial charge in [0, 0.05) is 13.5 Å². The number of nitrogens with zero attached hydrogens (tertiary/aromatic N) is 2. The Morgan fingerprint density at radius 1 is 1.32 bits per heavy atom. The average molecular weight is 268 g/mol. The molecule has 0 saturated carbocycles. The van der Waals surface area contributed by atoms with Crippen molar-refractivity contribution in [3.63, 3.8) is 0 Å². The molecular weight excluding hydrogens is 248 g/mol. The Morgan fingerprint density at radius 3 is 2.47 bits per heavy atom. The molecule has 106 valence electrons. The Balaban J connectivity index is 2.83. The highest BCUT2D eigenvalue weighted by Crippen LogP contribution is 2.13. The first-order valence-electron chi connectivity index (χ1n) is 6.38. The number of ether oxygens (including phenoxy) is 1. The first kappa shape index (κ1) is 15.2. The van der Waals surface area contributed by atoms with Crippen molar-refractivity contribution in [2.75, 3.05) is 19.7 Å². The van der Waals surface area contributed by atoms with E-state index in [1.54, 1.807) is 20.8 Å². The SMILES string of the molecule is CCCN(CC(=O)OCC)C(=O)c1oc(C)nc1C. The van der Waals surface area contributed by atoms with Crippen LogP contribution in [-0.4, -0.2) is 41.5 Å². The van der Waals surface area contributed by atoms with Crippen LogP contribution in [0.1, 0.15) is 42.4 Å². The molecule has 0 radical (unpaired) electrons. The first-order chi connectivity index (χ1) is 8.99. The number of hydrogen-bond acceptors (Lipinski definition) is 5. The van der Waals surface area contributed by atoms with E-state index in [-0.39, 0.29) is 18.2 Å². The maximum absolute atomic E-state index is 12.3. The zero-order valence-electron chi connectivity index (χ0n) is 11.9. The van der Waals surface area contributed by atoms with E-state index in [4.69, 9.17) is 9.15 Å². The molecule has 0 spiro atoms. The molecule has 0 aliphatic rings. The van der Waals surface area contributed by atoms with Crippen molar-refractivity contribution >= 4 is 11.9 Å². The molecule has 0 fully saturated rings. The Bertz CT molecular complexity index is 453. The zero-order chi connectivity index (χ0) is 14.4. The first-order valence-corrected chi connectivity index (χ1v) is 6.38. The third-order valence-electron chi connectivity index (χ3n) is 2.50. The lowest BCUT2D eigenvalue weighted by Crippen LogP contribution is -2.37. The maximum Gasteiger partial charge on any atom is 0.325 e. The van der Waals surface area contributed by atoms with E-state index in [1.165, 1.54) is 4.90 Å². The number of aryl methyl sites for hydroxylation is 2. The second kappa shape index (κ2) is 6.92. The van der Waals surface area contributed by atoms with Gasteiger partial charge in [-0.05, 0) is 20.3 Å². The summed E-state index contributed by atoms with van der Waals surface area (Å²) in [5.41, 5.74) is 0.535. The van der Waals surface area contributed by atoms with Gasteiger partial charge in [-0.15, -0.1) is 0 Å². The zero-order valence-corrected chi connectivity index (χ0v) is 11.9. The Hall–Kier alpha value is -1.85. The molecule has 0 N–H and O–H groups in total. The van der Waals surface area contributed by atoms with Gasteiger partial charge in [0.1, 0.15) is 6.54 Å². The second-order valence-corrected chi connectivity index (χ2v) is 4.18. The lowest BCUT2D eigenvalue weighted by atomic mass is 10.3. The number of hydrogen-bond donors (Lipinski definition) is 0. The van der Waals surface area contributed by atoms with Gasteiger partial charge in [0.05, 0.1) is 12.3 Å². The molecule has 1 aromatic heterocycles. The number of carbonyl (C=O) groups excluding carboxylic acids is 2. The maximum atomic E-state index is 12.3. The molecule has 1 amide bonds. The molecule has 0 aromatic carbocycles. The minimum Gasteiger partial charge on any atom is -0.465 e. The van der Waals surface area contributed by atoms with Gasteiger partial charge < -0.3 is 14.1 Å². The van der Waals surface area contributed by atoms with E-state index in [0.29, 0.717) is 24.7 Å². The summed E-state index contributed by atoms with van der Waals surface area (Å²) >= 11 is 0. The molecular formula is C13H20N2O4. The average Bonchev–Trinajstić information content (AvgIpc) is 2.67. The third kappa shape index (κ3) is 4.08. The summed E-state index contributed by atoms with van der Waals surface area (Å²) in [7, 11) is 0. The quantitative estimate of drug-likeness (QED) is 0.734. The third-order valence-corrected chi connectivity index (χ3v) is 2.50. The topological polar surface area (TPSA) is 72.6 Å². The molecule has 0 unspecified atom stereocenters. The Labute approximate surface area is 112 Å². The molecule has 6 nitrogen and oxygen atoms in total. The summed E-state index contributed by atoms with van der Waals surface area (Å²) < 4.78 is 10.2. The van der Waals surface area contributed by atoms with Crippen molar-refractivity contribution in [2.24, 2.45) is 0 Å². The summed E-state index contributed by atoms with van der Waals surface area (Å²) in [5, 5.41) is 0. The highest BCUT2D eigenvalue weighted by Gasteiger charge is 2.24. The van der Waals surface area contributed by atoms with Gasteiger partial charge in [-0.1, -0.05) is 6.92 Å². The minimum atomic E-state index is -0.418. The van der Waals surface area contributed by atoms with Crippen molar-refractivity contribution in [3.05, 3.63) is 17.3 Å². The normalized spacial score (nSPS) is 10.3. The molecule has 0 aliphatic carbocycles. The lowest BCUT2D eigenvalue weighted by Gasteiger charge is -2.19. The molecule has 6 heteroatoms. The predicted molar refractivity (Wildman–Crippen MR) is 68.8 cm³/mol. The van der Waals surface area contributed by atoms with Crippen LogP contribution in [0, 0.1) is 13.8 Å². The number of amides is 1. The van der Waals surface area contributed by atoms with Crippen LogP contribution in [0.15, 0.2) is 4.42 Å². The van der Waals surface area contributed by atoms with Gasteiger partial charge in [0.25, 0.3) is 5.91 Å². The van der Waals surface area contributed by atoms with Crippen molar-refractivity contribution < 1.29 is 18.7 Å². The standard InChI is InChI=1S/C13H20N2O4/c1-5-7-15(8-11(16)18-6-2)13(17)12-9(3)14-10(4)19-12/h5-8H2,1-4H3. The Kier molecular flexibility index (Phi) is 5.54. The van der Waals surface area contributed by atoms with E-state index < -0.39 is 5.97 Å². The van der Waals surface area contributed by atoms with E-state index in [0.717, 1.165) is 6.42 Å². The highest BCUT2D eigenvalue weighted by atomic mass is 16.5.